The molecule has 0 nitrogen and oxygen atoms in total. The van der Waals surface area contributed by atoms with Gasteiger partial charge in [-0.25, -0.2) is 0 Å². The van der Waals surface area contributed by atoms with E-state index in [9.17, 15) is 0 Å². The molecule has 2 aliphatic rings. The fraction of sp³-hybridized carbons (Fsp3) is 1.00. The Balaban J connectivity index is 1.70. The van der Waals surface area contributed by atoms with Gasteiger partial charge in [-0.15, -0.1) is 0 Å². The fourth-order valence-electron chi connectivity index (χ4n) is 2.45. The molecule has 0 radical (unpaired) electrons. The molecule has 4 atom stereocenters. The predicted molar refractivity (Wildman–Crippen MR) is 43.8 cm³/mol. The normalized spacial score (nSPS) is 51.0. The van der Waals surface area contributed by atoms with Crippen LogP contribution in [-0.2, 0) is 0 Å². The van der Waals surface area contributed by atoms with Crippen molar-refractivity contribution < 1.29 is 0 Å². The minimum absolute atomic E-state index is 1.09. The van der Waals surface area contributed by atoms with Gasteiger partial charge in [0.05, 0.1) is 0 Å². The van der Waals surface area contributed by atoms with Crippen LogP contribution in [0.2, 0.25) is 0 Å². The highest BCUT2D eigenvalue weighted by Crippen LogP contribution is 2.58. The van der Waals surface area contributed by atoms with Crippen molar-refractivity contribution in [2.75, 3.05) is 0 Å². The summed E-state index contributed by atoms with van der Waals surface area (Å²) in [5.41, 5.74) is 0. The van der Waals surface area contributed by atoms with Crippen molar-refractivity contribution in [1.29, 1.82) is 0 Å². The van der Waals surface area contributed by atoms with E-state index in [0.29, 0.717) is 0 Å². The zero-order chi connectivity index (χ0) is 7.14. The van der Waals surface area contributed by atoms with Gasteiger partial charge in [0, 0.05) is 0 Å². The minimum atomic E-state index is 1.09. The first kappa shape index (κ1) is 6.69. The molecule has 2 aliphatic carbocycles. The second-order valence-electron chi connectivity index (χ2n) is 4.33. The molecular weight excluding hydrogens is 120 g/mol. The molecule has 2 rings (SSSR count). The van der Waals surface area contributed by atoms with Crippen LogP contribution in [0.4, 0.5) is 0 Å². The lowest BCUT2D eigenvalue weighted by atomic mass is 10.1. The predicted octanol–water partition coefficient (Wildman–Crippen LogP) is 3.08. The molecule has 0 saturated heterocycles. The van der Waals surface area contributed by atoms with E-state index in [0.717, 1.165) is 17.8 Å². The largest absolute Gasteiger partial charge is 0.0654 e. The summed E-state index contributed by atoms with van der Waals surface area (Å²) in [6.07, 6.45) is 6.03. The second kappa shape index (κ2) is 2.25. The number of hydrogen-bond donors (Lipinski definition) is 0. The monoisotopic (exact) mass is 138 g/mol. The molecule has 0 aromatic rings. The minimum Gasteiger partial charge on any atom is -0.0654 e. The zero-order valence-electron chi connectivity index (χ0n) is 7.14. The molecule has 10 heavy (non-hydrogen) atoms. The van der Waals surface area contributed by atoms with E-state index >= 15 is 0 Å². The van der Waals surface area contributed by atoms with Crippen molar-refractivity contribution in [3.63, 3.8) is 0 Å². The first-order chi connectivity index (χ1) is 4.83. The summed E-state index contributed by atoms with van der Waals surface area (Å²) < 4.78 is 0. The van der Waals surface area contributed by atoms with E-state index < -0.39 is 0 Å². The molecule has 0 amide bonds. The summed E-state index contributed by atoms with van der Waals surface area (Å²) in [6.45, 7) is 4.72. The van der Waals surface area contributed by atoms with Crippen LogP contribution in [0, 0.1) is 23.7 Å². The van der Waals surface area contributed by atoms with Gasteiger partial charge in [-0.3, -0.25) is 0 Å². The van der Waals surface area contributed by atoms with Crippen molar-refractivity contribution in [2.45, 2.75) is 39.5 Å². The van der Waals surface area contributed by atoms with Gasteiger partial charge in [-0.1, -0.05) is 26.7 Å². The lowest BCUT2D eigenvalue weighted by Gasteiger charge is -1.93. The lowest BCUT2D eigenvalue weighted by molar-refractivity contribution is 0.563. The van der Waals surface area contributed by atoms with Crippen molar-refractivity contribution in [3.8, 4) is 0 Å². The van der Waals surface area contributed by atoms with Crippen molar-refractivity contribution >= 4 is 0 Å². The molecule has 4 unspecified atom stereocenters. The summed E-state index contributed by atoms with van der Waals surface area (Å²) in [6, 6.07) is 0. The Bertz CT molecular complexity index is 128. The Morgan fingerprint density at radius 1 is 1.20 bits per heavy atom. The molecule has 0 N–H and O–H groups in total. The summed E-state index contributed by atoms with van der Waals surface area (Å²) in [5, 5.41) is 0. The van der Waals surface area contributed by atoms with Gasteiger partial charge in [0.25, 0.3) is 0 Å². The number of hydrogen-bond acceptors (Lipinski definition) is 0. The lowest BCUT2D eigenvalue weighted by Crippen LogP contribution is -1.85. The molecule has 2 saturated carbocycles. The van der Waals surface area contributed by atoms with Gasteiger partial charge in [-0.05, 0) is 36.5 Å². The molecule has 0 bridgehead atoms. The smallest absolute Gasteiger partial charge is 0.0352 e. The quantitative estimate of drug-likeness (QED) is 0.562. The first-order valence-electron chi connectivity index (χ1n) is 4.83. The van der Waals surface area contributed by atoms with Crippen LogP contribution >= 0.6 is 0 Å². The average molecular weight is 138 g/mol. The Morgan fingerprint density at radius 3 is 2.40 bits per heavy atom. The molecule has 0 spiro atoms. The maximum atomic E-state index is 2.41. The van der Waals surface area contributed by atoms with E-state index in [4.69, 9.17) is 0 Å². The zero-order valence-corrected chi connectivity index (χ0v) is 7.14. The van der Waals surface area contributed by atoms with E-state index in [1.54, 1.807) is 12.8 Å². The number of rotatable bonds is 3. The van der Waals surface area contributed by atoms with Crippen LogP contribution in [0.1, 0.15) is 39.5 Å². The van der Waals surface area contributed by atoms with Crippen molar-refractivity contribution in [3.05, 3.63) is 0 Å². The van der Waals surface area contributed by atoms with E-state index in [2.05, 4.69) is 13.8 Å². The summed E-state index contributed by atoms with van der Waals surface area (Å²) >= 11 is 0. The van der Waals surface area contributed by atoms with Crippen molar-refractivity contribution in [2.24, 2.45) is 23.7 Å². The summed E-state index contributed by atoms with van der Waals surface area (Å²) in [4.78, 5) is 0. The topological polar surface area (TPSA) is 0 Å². The second-order valence-corrected chi connectivity index (χ2v) is 4.33. The molecule has 0 aromatic heterocycles. The Kier molecular flexibility index (Phi) is 1.51. The van der Waals surface area contributed by atoms with E-state index in [1.807, 2.05) is 0 Å². The first-order valence-corrected chi connectivity index (χ1v) is 4.83. The third kappa shape index (κ3) is 1.09. The van der Waals surface area contributed by atoms with E-state index in [1.165, 1.54) is 18.8 Å². The molecular formula is C10H18. The van der Waals surface area contributed by atoms with Crippen LogP contribution in [-0.4, -0.2) is 0 Å². The molecule has 0 heteroatoms. The summed E-state index contributed by atoms with van der Waals surface area (Å²) in [7, 11) is 0. The molecule has 58 valence electrons. The van der Waals surface area contributed by atoms with Gasteiger partial charge < -0.3 is 0 Å². The molecule has 0 aliphatic heterocycles. The third-order valence-corrected chi connectivity index (χ3v) is 3.36. The summed E-state index contributed by atoms with van der Waals surface area (Å²) in [5.74, 6) is 4.58. The highest BCUT2D eigenvalue weighted by molar-refractivity contribution is 4.99. The highest BCUT2D eigenvalue weighted by atomic mass is 14.6. The van der Waals surface area contributed by atoms with Gasteiger partial charge in [-0.2, -0.15) is 0 Å². The maximum absolute atomic E-state index is 2.41. The maximum Gasteiger partial charge on any atom is -0.0352 e. The molecule has 2 fully saturated rings. The average Bonchev–Trinajstić information content (AvgIpc) is 2.70. The van der Waals surface area contributed by atoms with Gasteiger partial charge in [0.1, 0.15) is 0 Å². The third-order valence-electron chi connectivity index (χ3n) is 3.36. The highest BCUT2D eigenvalue weighted by Gasteiger charge is 2.50. The van der Waals surface area contributed by atoms with Crippen LogP contribution in [0.15, 0.2) is 0 Å². The van der Waals surface area contributed by atoms with Crippen molar-refractivity contribution in [1.82, 2.24) is 0 Å². The Morgan fingerprint density at radius 2 is 1.90 bits per heavy atom. The molecule has 0 heterocycles. The van der Waals surface area contributed by atoms with Crippen LogP contribution < -0.4 is 0 Å². The standard InChI is InChI=1S/C10H18/c1-3-4-8-6-10(8)9-5-7(9)2/h7-10H,3-6H2,1-2H3. The fourth-order valence-corrected chi connectivity index (χ4v) is 2.45. The SMILES string of the molecule is CCCC1CC1C1CC1C. The van der Waals surface area contributed by atoms with Crippen LogP contribution in [0.3, 0.4) is 0 Å². The van der Waals surface area contributed by atoms with Crippen LogP contribution in [0.5, 0.6) is 0 Å². The van der Waals surface area contributed by atoms with Gasteiger partial charge >= 0.3 is 0 Å². The Hall–Kier alpha value is 0. The van der Waals surface area contributed by atoms with Gasteiger partial charge in [0.15, 0.2) is 0 Å². The van der Waals surface area contributed by atoms with Crippen LogP contribution in [0.25, 0.3) is 0 Å². The molecule has 0 aromatic carbocycles. The van der Waals surface area contributed by atoms with Gasteiger partial charge in [0.2, 0.25) is 0 Å². The van der Waals surface area contributed by atoms with E-state index in [-0.39, 0.29) is 0 Å². The Labute approximate surface area is 64.0 Å².